The lowest BCUT2D eigenvalue weighted by atomic mass is 10.0. The molecule has 0 aliphatic heterocycles. The molecule has 6 heteroatoms. The van der Waals surface area contributed by atoms with E-state index in [1.807, 2.05) is 48.8 Å². The van der Waals surface area contributed by atoms with Gasteiger partial charge >= 0.3 is 0 Å². The summed E-state index contributed by atoms with van der Waals surface area (Å²) < 4.78 is 13.8. The van der Waals surface area contributed by atoms with Crippen molar-refractivity contribution >= 4 is 21.9 Å². The first-order chi connectivity index (χ1) is 15.3. The molecule has 148 valence electrons. The zero-order valence-electron chi connectivity index (χ0n) is 16.3. The van der Waals surface area contributed by atoms with Gasteiger partial charge in [0.15, 0.2) is 5.65 Å². The van der Waals surface area contributed by atoms with Crippen molar-refractivity contribution in [3.63, 3.8) is 0 Å². The first-order valence-corrected chi connectivity index (χ1v) is 9.89. The molecule has 4 aromatic heterocycles. The summed E-state index contributed by atoms with van der Waals surface area (Å²) in [6.45, 7) is 0. The Morgan fingerprint density at radius 3 is 2.55 bits per heavy atom. The average molecular weight is 405 g/mol. The van der Waals surface area contributed by atoms with Crippen molar-refractivity contribution in [2.75, 3.05) is 0 Å². The molecule has 0 aliphatic carbocycles. The lowest BCUT2D eigenvalue weighted by molar-refractivity contribution is 0.628. The number of hydrogen-bond donors (Lipinski definition) is 2. The molecule has 5 nitrogen and oxygen atoms in total. The van der Waals surface area contributed by atoms with Crippen molar-refractivity contribution in [1.82, 2.24) is 25.1 Å². The molecule has 0 spiro atoms. The molecule has 0 atom stereocenters. The molecule has 0 bridgehead atoms. The first kappa shape index (κ1) is 17.5. The van der Waals surface area contributed by atoms with Gasteiger partial charge in [0.2, 0.25) is 0 Å². The van der Waals surface area contributed by atoms with E-state index in [-0.39, 0.29) is 5.82 Å². The largest absolute Gasteiger partial charge is 0.353 e. The smallest absolute Gasteiger partial charge is 0.155 e. The number of aromatic nitrogens is 5. The van der Waals surface area contributed by atoms with Crippen LogP contribution in [0.15, 0.2) is 85.3 Å². The van der Waals surface area contributed by atoms with Crippen molar-refractivity contribution in [2.45, 2.75) is 0 Å². The van der Waals surface area contributed by atoms with Gasteiger partial charge in [0.05, 0.1) is 5.69 Å². The van der Waals surface area contributed by atoms with Crippen LogP contribution in [-0.4, -0.2) is 25.1 Å². The molecule has 0 fully saturated rings. The fourth-order valence-electron chi connectivity index (χ4n) is 3.99. The van der Waals surface area contributed by atoms with Crippen LogP contribution in [-0.2, 0) is 0 Å². The van der Waals surface area contributed by atoms with Gasteiger partial charge in [-0.1, -0.05) is 30.3 Å². The summed E-state index contributed by atoms with van der Waals surface area (Å²) in [5, 5.41) is 9.46. The molecule has 0 unspecified atom stereocenters. The first-order valence-electron chi connectivity index (χ1n) is 9.89. The normalized spacial score (nSPS) is 11.4. The van der Waals surface area contributed by atoms with E-state index >= 15 is 0 Å². The van der Waals surface area contributed by atoms with E-state index in [0.717, 1.165) is 49.9 Å². The molecule has 0 radical (unpaired) electrons. The zero-order chi connectivity index (χ0) is 20.8. The Hall–Kier alpha value is -4.32. The molecular weight excluding hydrogens is 389 g/mol. The summed E-state index contributed by atoms with van der Waals surface area (Å²) in [6.07, 6.45) is 5.38. The summed E-state index contributed by atoms with van der Waals surface area (Å²) in [7, 11) is 0. The van der Waals surface area contributed by atoms with Crippen LogP contribution in [0.5, 0.6) is 0 Å². The highest BCUT2D eigenvalue weighted by atomic mass is 19.1. The molecule has 0 saturated heterocycles. The summed E-state index contributed by atoms with van der Waals surface area (Å²) in [5.41, 5.74) is 7.10. The van der Waals surface area contributed by atoms with Crippen LogP contribution in [0.3, 0.4) is 0 Å². The predicted molar refractivity (Wildman–Crippen MR) is 120 cm³/mol. The minimum Gasteiger partial charge on any atom is -0.353 e. The van der Waals surface area contributed by atoms with Crippen LogP contribution < -0.4 is 0 Å². The average Bonchev–Trinajstić information content (AvgIpc) is 3.43. The highest BCUT2D eigenvalue weighted by Gasteiger charge is 2.15. The number of fused-ring (bicyclic) bond motifs is 2. The molecule has 2 aromatic carbocycles. The van der Waals surface area contributed by atoms with E-state index in [2.05, 4.69) is 37.3 Å². The topological polar surface area (TPSA) is 70.2 Å². The minimum atomic E-state index is -0.252. The quantitative estimate of drug-likeness (QED) is 0.381. The lowest BCUT2D eigenvalue weighted by Crippen LogP contribution is -1.83. The van der Waals surface area contributed by atoms with Gasteiger partial charge in [-0.25, -0.2) is 9.37 Å². The van der Waals surface area contributed by atoms with Gasteiger partial charge in [-0.15, -0.1) is 0 Å². The van der Waals surface area contributed by atoms with Gasteiger partial charge in [0.25, 0.3) is 0 Å². The molecule has 6 aromatic rings. The van der Waals surface area contributed by atoms with Gasteiger partial charge in [-0.05, 0) is 47.5 Å². The number of nitrogens with one attached hydrogen (secondary N) is 2. The lowest BCUT2D eigenvalue weighted by Gasteiger charge is -2.03. The summed E-state index contributed by atoms with van der Waals surface area (Å²) in [5.74, 6) is -0.252. The maximum atomic E-state index is 13.8. The van der Waals surface area contributed by atoms with E-state index < -0.39 is 0 Å². The fourth-order valence-corrected chi connectivity index (χ4v) is 3.99. The molecule has 0 amide bonds. The van der Waals surface area contributed by atoms with E-state index in [4.69, 9.17) is 0 Å². The Balaban J connectivity index is 1.52. The van der Waals surface area contributed by atoms with Gasteiger partial charge in [-0.2, -0.15) is 5.10 Å². The standard InChI is InChI=1S/C25H16FN5/c26-18-6-1-4-15(10-18)19-7-2-8-22-20(19)12-23(29-22)24-21-11-17(14-28-25(21)31-30-24)16-5-3-9-27-13-16/h1-14,29H,(H,28,30,31). The van der Waals surface area contributed by atoms with Crippen LogP contribution >= 0.6 is 0 Å². The third-order valence-electron chi connectivity index (χ3n) is 5.47. The molecule has 4 heterocycles. The Labute approximate surface area is 176 Å². The highest BCUT2D eigenvalue weighted by molar-refractivity contribution is 6.01. The third kappa shape index (κ3) is 2.97. The van der Waals surface area contributed by atoms with Crippen LogP contribution in [0.25, 0.3) is 55.6 Å². The Bertz CT molecular complexity index is 1550. The number of pyridine rings is 2. The molecule has 0 aliphatic rings. The van der Waals surface area contributed by atoms with Crippen molar-refractivity contribution in [1.29, 1.82) is 0 Å². The molecule has 0 saturated carbocycles. The summed E-state index contributed by atoms with van der Waals surface area (Å²) in [4.78, 5) is 12.2. The number of hydrogen-bond acceptors (Lipinski definition) is 3. The van der Waals surface area contributed by atoms with Crippen LogP contribution in [0.4, 0.5) is 4.39 Å². The third-order valence-corrected chi connectivity index (χ3v) is 5.47. The molecular formula is C25H16FN5. The predicted octanol–water partition coefficient (Wildman–Crippen LogP) is 5.97. The van der Waals surface area contributed by atoms with Crippen LogP contribution in [0, 0.1) is 5.82 Å². The van der Waals surface area contributed by atoms with E-state index in [0.29, 0.717) is 5.65 Å². The monoisotopic (exact) mass is 405 g/mol. The molecule has 31 heavy (non-hydrogen) atoms. The minimum absolute atomic E-state index is 0.252. The van der Waals surface area contributed by atoms with E-state index in [9.17, 15) is 4.39 Å². The van der Waals surface area contributed by atoms with Crippen molar-refractivity contribution < 1.29 is 4.39 Å². The second kappa shape index (κ2) is 6.88. The Morgan fingerprint density at radius 1 is 0.774 bits per heavy atom. The maximum absolute atomic E-state index is 13.8. The molecule has 2 N–H and O–H groups in total. The van der Waals surface area contributed by atoms with Gasteiger partial charge in [-0.3, -0.25) is 10.1 Å². The number of aromatic amines is 2. The second-order valence-corrected chi connectivity index (χ2v) is 7.39. The molecule has 6 rings (SSSR count). The highest BCUT2D eigenvalue weighted by Crippen LogP contribution is 2.34. The second-order valence-electron chi connectivity index (χ2n) is 7.39. The van der Waals surface area contributed by atoms with E-state index in [1.165, 1.54) is 6.07 Å². The Morgan fingerprint density at radius 2 is 1.68 bits per heavy atom. The van der Waals surface area contributed by atoms with Crippen molar-refractivity contribution in [3.8, 4) is 33.6 Å². The number of nitrogens with zero attached hydrogens (tertiary/aromatic N) is 3. The van der Waals surface area contributed by atoms with Crippen LogP contribution in [0.2, 0.25) is 0 Å². The van der Waals surface area contributed by atoms with Gasteiger partial charge < -0.3 is 4.98 Å². The number of halogens is 1. The summed E-state index contributed by atoms with van der Waals surface area (Å²) in [6, 6.07) is 20.7. The number of H-pyrrole nitrogens is 2. The summed E-state index contributed by atoms with van der Waals surface area (Å²) >= 11 is 0. The van der Waals surface area contributed by atoms with Crippen molar-refractivity contribution in [2.24, 2.45) is 0 Å². The fraction of sp³-hybridized carbons (Fsp3) is 0. The number of rotatable bonds is 3. The maximum Gasteiger partial charge on any atom is 0.155 e. The van der Waals surface area contributed by atoms with Crippen molar-refractivity contribution in [3.05, 3.63) is 91.1 Å². The van der Waals surface area contributed by atoms with Crippen LogP contribution in [0.1, 0.15) is 0 Å². The number of benzene rings is 2. The van der Waals surface area contributed by atoms with Gasteiger partial charge in [0, 0.05) is 46.0 Å². The van der Waals surface area contributed by atoms with Gasteiger partial charge in [0.1, 0.15) is 11.5 Å². The SMILES string of the molecule is Fc1cccc(-c2cccc3[nH]c(-c4n[nH]c5ncc(-c6cccnc6)cc45)cc23)c1. The zero-order valence-corrected chi connectivity index (χ0v) is 16.3. The Kier molecular flexibility index (Phi) is 3.89. The van der Waals surface area contributed by atoms with E-state index in [1.54, 1.807) is 18.3 Å².